The van der Waals surface area contributed by atoms with Crippen molar-refractivity contribution < 1.29 is 13.9 Å². The van der Waals surface area contributed by atoms with E-state index in [1.807, 2.05) is 9.58 Å². The summed E-state index contributed by atoms with van der Waals surface area (Å²) < 4.78 is 20.5. The smallest absolute Gasteiger partial charge is 0.227 e. The van der Waals surface area contributed by atoms with Gasteiger partial charge in [0, 0.05) is 20.2 Å². The Bertz CT molecular complexity index is 853. The first kappa shape index (κ1) is 19.9. The maximum atomic E-state index is 13.5. The van der Waals surface area contributed by atoms with E-state index in [1.165, 1.54) is 12.1 Å². The molecular formula is C20H27FN6O2. The normalized spacial score (nSPS) is 22.5. The highest BCUT2D eigenvalue weighted by atomic mass is 19.1. The molecule has 0 aliphatic carbocycles. The van der Waals surface area contributed by atoms with Gasteiger partial charge >= 0.3 is 0 Å². The standard InChI is InChI=1S/C20H27FN6O2/c1-29-12-11-27-19(22-23-24-27)20(26-8-2-3-9-26)7-10-25(15-20)18(28)14-16-5-4-6-17(21)13-16/h4-6,13H,2-3,7-12,14-15H2,1H3/t20-/m0/s1. The zero-order valence-corrected chi connectivity index (χ0v) is 16.8. The van der Waals surface area contributed by atoms with Crippen molar-refractivity contribution in [2.24, 2.45) is 0 Å². The molecule has 2 aliphatic heterocycles. The van der Waals surface area contributed by atoms with Gasteiger partial charge in [-0.25, -0.2) is 9.07 Å². The van der Waals surface area contributed by atoms with E-state index in [0.717, 1.165) is 38.2 Å². The first-order chi connectivity index (χ1) is 14.1. The molecule has 1 aromatic carbocycles. The van der Waals surface area contributed by atoms with Crippen LogP contribution in [-0.2, 0) is 28.0 Å². The van der Waals surface area contributed by atoms with E-state index in [1.54, 1.807) is 19.2 Å². The highest BCUT2D eigenvalue weighted by Crippen LogP contribution is 2.39. The molecule has 0 unspecified atom stereocenters. The van der Waals surface area contributed by atoms with Gasteiger partial charge in [0.15, 0.2) is 5.82 Å². The van der Waals surface area contributed by atoms with Crippen LogP contribution in [0.5, 0.6) is 0 Å². The Morgan fingerprint density at radius 1 is 1.28 bits per heavy atom. The van der Waals surface area contributed by atoms with E-state index in [2.05, 4.69) is 20.4 Å². The second-order valence-electron chi connectivity index (χ2n) is 7.82. The average Bonchev–Trinajstić information content (AvgIpc) is 3.46. The number of carbonyl (C=O) groups excluding carboxylic acids is 1. The summed E-state index contributed by atoms with van der Waals surface area (Å²) in [5.41, 5.74) is 0.310. The fourth-order valence-electron chi connectivity index (χ4n) is 4.53. The lowest BCUT2D eigenvalue weighted by Crippen LogP contribution is -2.49. The number of halogens is 1. The van der Waals surface area contributed by atoms with Crippen LogP contribution < -0.4 is 0 Å². The van der Waals surface area contributed by atoms with Crippen LogP contribution >= 0.6 is 0 Å². The highest BCUT2D eigenvalue weighted by Gasteiger charge is 2.50. The second kappa shape index (κ2) is 8.54. The number of amides is 1. The van der Waals surface area contributed by atoms with Crippen molar-refractivity contribution in [3.63, 3.8) is 0 Å². The minimum atomic E-state index is -0.384. The number of tetrazole rings is 1. The van der Waals surface area contributed by atoms with Gasteiger partial charge in [-0.2, -0.15) is 0 Å². The van der Waals surface area contributed by atoms with Crippen LogP contribution in [0.25, 0.3) is 0 Å². The highest BCUT2D eigenvalue weighted by molar-refractivity contribution is 5.79. The number of nitrogens with zero attached hydrogens (tertiary/aromatic N) is 6. The predicted molar refractivity (Wildman–Crippen MR) is 103 cm³/mol. The summed E-state index contributed by atoms with van der Waals surface area (Å²) in [5.74, 6) is 0.491. The van der Waals surface area contributed by atoms with Crippen LogP contribution in [0.2, 0.25) is 0 Å². The van der Waals surface area contributed by atoms with Crippen LogP contribution in [0.4, 0.5) is 4.39 Å². The lowest BCUT2D eigenvalue weighted by molar-refractivity contribution is -0.130. The number of aromatic nitrogens is 4. The van der Waals surface area contributed by atoms with Gasteiger partial charge in [-0.3, -0.25) is 9.69 Å². The molecule has 9 heteroatoms. The van der Waals surface area contributed by atoms with E-state index >= 15 is 0 Å². The lowest BCUT2D eigenvalue weighted by Gasteiger charge is -2.37. The van der Waals surface area contributed by atoms with Gasteiger partial charge in [0.05, 0.1) is 19.6 Å². The summed E-state index contributed by atoms with van der Waals surface area (Å²) in [4.78, 5) is 17.3. The molecular weight excluding hydrogens is 375 g/mol. The third kappa shape index (κ3) is 4.02. The summed E-state index contributed by atoms with van der Waals surface area (Å²) in [6.45, 7) is 4.24. The summed E-state index contributed by atoms with van der Waals surface area (Å²) in [5, 5.41) is 12.5. The van der Waals surface area contributed by atoms with E-state index in [4.69, 9.17) is 4.74 Å². The van der Waals surface area contributed by atoms with Crippen molar-refractivity contribution in [2.75, 3.05) is 39.9 Å². The molecule has 2 aromatic rings. The summed E-state index contributed by atoms with van der Waals surface area (Å²) in [6.07, 6.45) is 3.26. The van der Waals surface area contributed by atoms with Gasteiger partial charge in [0.1, 0.15) is 11.4 Å². The predicted octanol–water partition coefficient (Wildman–Crippen LogP) is 1.22. The van der Waals surface area contributed by atoms with Crippen LogP contribution in [0.3, 0.4) is 0 Å². The van der Waals surface area contributed by atoms with Crippen molar-refractivity contribution in [1.29, 1.82) is 0 Å². The van der Waals surface area contributed by atoms with Crippen LogP contribution in [0, 0.1) is 5.82 Å². The summed E-state index contributed by atoms with van der Waals surface area (Å²) >= 11 is 0. The van der Waals surface area contributed by atoms with Gasteiger partial charge in [0.25, 0.3) is 0 Å². The zero-order valence-electron chi connectivity index (χ0n) is 16.8. The van der Waals surface area contributed by atoms with Gasteiger partial charge in [-0.15, -0.1) is 5.10 Å². The number of hydrogen-bond donors (Lipinski definition) is 0. The maximum Gasteiger partial charge on any atom is 0.227 e. The number of ether oxygens (including phenoxy) is 1. The molecule has 0 saturated carbocycles. The number of hydrogen-bond acceptors (Lipinski definition) is 6. The molecule has 2 aliphatic rings. The quantitative estimate of drug-likeness (QED) is 0.693. The number of benzene rings is 1. The van der Waals surface area contributed by atoms with Gasteiger partial charge < -0.3 is 9.64 Å². The summed E-state index contributed by atoms with van der Waals surface area (Å²) in [6, 6.07) is 6.24. The number of rotatable bonds is 7. The fourth-order valence-corrected chi connectivity index (χ4v) is 4.53. The second-order valence-corrected chi connectivity index (χ2v) is 7.82. The first-order valence-electron chi connectivity index (χ1n) is 10.2. The molecule has 0 N–H and O–H groups in total. The van der Waals surface area contributed by atoms with E-state index < -0.39 is 0 Å². The monoisotopic (exact) mass is 402 g/mol. The molecule has 1 atom stereocenters. The summed E-state index contributed by atoms with van der Waals surface area (Å²) in [7, 11) is 1.66. The van der Waals surface area contributed by atoms with Crippen molar-refractivity contribution in [3.8, 4) is 0 Å². The minimum absolute atomic E-state index is 0.00703. The van der Waals surface area contributed by atoms with Gasteiger partial charge in [-0.05, 0) is 60.5 Å². The molecule has 4 rings (SSSR count). The molecule has 1 aromatic heterocycles. The molecule has 2 fully saturated rings. The minimum Gasteiger partial charge on any atom is -0.383 e. The Hall–Kier alpha value is -2.39. The van der Waals surface area contributed by atoms with Gasteiger partial charge in [0.2, 0.25) is 5.91 Å². The third-order valence-corrected chi connectivity index (χ3v) is 6.01. The Morgan fingerprint density at radius 3 is 2.86 bits per heavy atom. The average molecular weight is 402 g/mol. The molecule has 1 amide bonds. The van der Waals surface area contributed by atoms with Crippen LogP contribution in [0.15, 0.2) is 24.3 Å². The van der Waals surface area contributed by atoms with Crippen molar-refractivity contribution in [1.82, 2.24) is 30.0 Å². The van der Waals surface area contributed by atoms with E-state index in [0.29, 0.717) is 31.8 Å². The molecule has 2 saturated heterocycles. The fraction of sp³-hybridized carbons (Fsp3) is 0.600. The molecule has 29 heavy (non-hydrogen) atoms. The van der Waals surface area contributed by atoms with Crippen molar-refractivity contribution >= 4 is 5.91 Å². The number of carbonyl (C=O) groups is 1. The third-order valence-electron chi connectivity index (χ3n) is 6.01. The van der Waals surface area contributed by atoms with Crippen LogP contribution in [-0.4, -0.2) is 75.8 Å². The van der Waals surface area contributed by atoms with Gasteiger partial charge in [-0.1, -0.05) is 12.1 Å². The topological polar surface area (TPSA) is 76.4 Å². The molecule has 8 nitrogen and oxygen atoms in total. The maximum absolute atomic E-state index is 13.5. The Morgan fingerprint density at radius 2 is 2.10 bits per heavy atom. The van der Waals surface area contributed by atoms with Crippen molar-refractivity contribution in [2.45, 2.75) is 37.8 Å². The van der Waals surface area contributed by atoms with E-state index in [-0.39, 0.29) is 23.7 Å². The van der Waals surface area contributed by atoms with Crippen LogP contribution in [0.1, 0.15) is 30.7 Å². The Balaban J connectivity index is 1.56. The first-order valence-corrected chi connectivity index (χ1v) is 10.2. The van der Waals surface area contributed by atoms with Crippen molar-refractivity contribution in [3.05, 3.63) is 41.5 Å². The lowest BCUT2D eigenvalue weighted by atomic mass is 9.95. The molecule has 156 valence electrons. The number of methoxy groups -OCH3 is 1. The molecule has 0 bridgehead atoms. The van der Waals surface area contributed by atoms with E-state index in [9.17, 15) is 9.18 Å². The number of likely N-dealkylation sites (tertiary alicyclic amines) is 2. The Kier molecular flexibility index (Phi) is 5.86. The Labute approximate surface area is 169 Å². The molecule has 0 radical (unpaired) electrons. The molecule has 0 spiro atoms. The largest absolute Gasteiger partial charge is 0.383 e. The SMILES string of the molecule is COCCn1nnnc1[C@]1(N2CCCC2)CCN(C(=O)Cc2cccc(F)c2)C1. The zero-order chi connectivity index (χ0) is 20.3. The molecule has 3 heterocycles.